The standard InChI is InChI=1S/C19H28N2O3/c1-13(2)14(3)20-19(22)15-7-9-21(10-8-15)11-16-5-4-6-17-18(16)24-12-23-17/h4-6,13-15H,7-12H2,1-3H3,(H,20,22). The maximum absolute atomic E-state index is 12.4. The number of nitrogens with one attached hydrogen (secondary N) is 1. The van der Waals surface area contributed by atoms with E-state index in [-0.39, 0.29) is 17.9 Å². The molecule has 1 fully saturated rings. The molecular weight excluding hydrogens is 304 g/mol. The van der Waals surface area contributed by atoms with E-state index in [4.69, 9.17) is 9.47 Å². The molecular formula is C19H28N2O3. The van der Waals surface area contributed by atoms with Crippen LogP contribution in [-0.4, -0.2) is 36.7 Å². The number of nitrogens with zero attached hydrogens (tertiary/aromatic N) is 1. The van der Waals surface area contributed by atoms with Gasteiger partial charge >= 0.3 is 0 Å². The maximum atomic E-state index is 12.4. The fourth-order valence-corrected chi connectivity index (χ4v) is 3.22. The zero-order chi connectivity index (χ0) is 17.1. The van der Waals surface area contributed by atoms with Gasteiger partial charge in [-0.2, -0.15) is 0 Å². The Kier molecular flexibility index (Phi) is 5.29. The molecule has 2 aliphatic rings. The summed E-state index contributed by atoms with van der Waals surface area (Å²) in [4.78, 5) is 14.8. The Morgan fingerprint density at radius 3 is 2.71 bits per heavy atom. The van der Waals surface area contributed by atoms with Crippen LogP contribution in [0.25, 0.3) is 0 Å². The summed E-state index contributed by atoms with van der Waals surface area (Å²) in [5.74, 6) is 2.54. The second-order valence-corrected chi connectivity index (χ2v) is 7.24. The molecule has 0 aliphatic carbocycles. The van der Waals surface area contributed by atoms with Gasteiger partial charge in [-0.25, -0.2) is 0 Å². The third kappa shape index (κ3) is 3.83. The van der Waals surface area contributed by atoms with E-state index in [1.165, 1.54) is 5.56 Å². The highest BCUT2D eigenvalue weighted by molar-refractivity contribution is 5.79. The SMILES string of the molecule is CC(C)C(C)NC(=O)C1CCN(Cc2cccc3c2OCO3)CC1. The largest absolute Gasteiger partial charge is 0.454 e. The van der Waals surface area contributed by atoms with E-state index in [1.807, 2.05) is 12.1 Å². The molecule has 2 heterocycles. The van der Waals surface area contributed by atoms with Gasteiger partial charge in [0.2, 0.25) is 12.7 Å². The minimum absolute atomic E-state index is 0.142. The Balaban J connectivity index is 1.51. The second-order valence-electron chi connectivity index (χ2n) is 7.24. The van der Waals surface area contributed by atoms with Crippen LogP contribution in [-0.2, 0) is 11.3 Å². The average Bonchev–Trinajstić information content (AvgIpc) is 3.05. The average molecular weight is 332 g/mol. The van der Waals surface area contributed by atoms with Crippen molar-refractivity contribution in [1.29, 1.82) is 0 Å². The van der Waals surface area contributed by atoms with Gasteiger partial charge in [-0.05, 0) is 44.8 Å². The number of rotatable bonds is 5. The molecule has 1 unspecified atom stereocenters. The number of benzene rings is 1. The van der Waals surface area contributed by atoms with Crippen LogP contribution in [0.3, 0.4) is 0 Å². The molecule has 1 atom stereocenters. The molecule has 1 N–H and O–H groups in total. The van der Waals surface area contributed by atoms with Crippen LogP contribution < -0.4 is 14.8 Å². The zero-order valence-electron chi connectivity index (χ0n) is 14.9. The van der Waals surface area contributed by atoms with Gasteiger partial charge in [-0.3, -0.25) is 9.69 Å². The van der Waals surface area contributed by atoms with Crippen LogP contribution >= 0.6 is 0 Å². The highest BCUT2D eigenvalue weighted by atomic mass is 16.7. The number of para-hydroxylation sites is 1. The predicted octanol–water partition coefficient (Wildman–Crippen LogP) is 2.79. The summed E-state index contributed by atoms with van der Waals surface area (Å²) < 4.78 is 11.0. The zero-order valence-corrected chi connectivity index (χ0v) is 14.9. The minimum Gasteiger partial charge on any atom is -0.454 e. The number of fused-ring (bicyclic) bond motifs is 1. The first kappa shape index (κ1) is 17.1. The van der Waals surface area contributed by atoms with Gasteiger partial charge in [0, 0.05) is 24.1 Å². The quantitative estimate of drug-likeness (QED) is 0.901. The van der Waals surface area contributed by atoms with Gasteiger partial charge in [-0.1, -0.05) is 26.0 Å². The van der Waals surface area contributed by atoms with Gasteiger partial charge in [0.1, 0.15) is 0 Å². The summed E-state index contributed by atoms with van der Waals surface area (Å²) >= 11 is 0. The molecule has 1 aromatic rings. The lowest BCUT2D eigenvalue weighted by Gasteiger charge is -2.32. The second kappa shape index (κ2) is 7.43. The number of amides is 1. The summed E-state index contributed by atoms with van der Waals surface area (Å²) in [6, 6.07) is 6.28. The summed E-state index contributed by atoms with van der Waals surface area (Å²) in [5, 5.41) is 3.15. The van der Waals surface area contributed by atoms with Crippen molar-refractivity contribution in [3.8, 4) is 11.5 Å². The Hall–Kier alpha value is -1.75. The normalized spacial score (nSPS) is 19.5. The highest BCUT2D eigenvalue weighted by Crippen LogP contribution is 2.36. The first-order valence-corrected chi connectivity index (χ1v) is 8.95. The van der Waals surface area contributed by atoms with Crippen LogP contribution in [0.1, 0.15) is 39.2 Å². The molecule has 1 aromatic carbocycles. The maximum Gasteiger partial charge on any atom is 0.231 e. The Morgan fingerprint density at radius 1 is 1.25 bits per heavy atom. The Bertz CT molecular complexity index is 580. The lowest BCUT2D eigenvalue weighted by atomic mass is 9.94. The number of likely N-dealkylation sites (tertiary alicyclic amines) is 1. The van der Waals surface area contributed by atoms with Gasteiger partial charge < -0.3 is 14.8 Å². The van der Waals surface area contributed by atoms with E-state index >= 15 is 0 Å². The topological polar surface area (TPSA) is 50.8 Å². The number of ether oxygens (including phenoxy) is 2. The Morgan fingerprint density at radius 2 is 2.00 bits per heavy atom. The molecule has 1 saturated heterocycles. The number of carbonyl (C=O) groups excluding carboxylic acids is 1. The van der Waals surface area contributed by atoms with Crippen molar-refractivity contribution in [3.05, 3.63) is 23.8 Å². The van der Waals surface area contributed by atoms with E-state index in [9.17, 15) is 4.79 Å². The lowest BCUT2D eigenvalue weighted by molar-refractivity contribution is -0.127. The number of piperidine rings is 1. The summed E-state index contributed by atoms with van der Waals surface area (Å²) in [7, 11) is 0. The van der Waals surface area contributed by atoms with E-state index in [0.29, 0.717) is 12.7 Å². The molecule has 5 nitrogen and oxygen atoms in total. The fourth-order valence-electron chi connectivity index (χ4n) is 3.22. The molecule has 0 saturated carbocycles. The van der Waals surface area contributed by atoms with E-state index < -0.39 is 0 Å². The summed E-state index contributed by atoms with van der Waals surface area (Å²) in [6.45, 7) is 9.40. The number of carbonyl (C=O) groups is 1. The molecule has 132 valence electrons. The highest BCUT2D eigenvalue weighted by Gasteiger charge is 2.27. The van der Waals surface area contributed by atoms with E-state index in [1.54, 1.807) is 0 Å². The molecule has 5 heteroatoms. The number of hydrogen-bond acceptors (Lipinski definition) is 4. The fraction of sp³-hybridized carbons (Fsp3) is 0.632. The van der Waals surface area contributed by atoms with Crippen LogP contribution in [0, 0.1) is 11.8 Å². The summed E-state index contributed by atoms with van der Waals surface area (Å²) in [5.41, 5.74) is 1.17. The third-order valence-corrected chi connectivity index (χ3v) is 5.20. The van der Waals surface area contributed by atoms with Gasteiger partial charge in [0.15, 0.2) is 11.5 Å². The molecule has 24 heavy (non-hydrogen) atoms. The van der Waals surface area contributed by atoms with Gasteiger partial charge in [0.25, 0.3) is 0 Å². The van der Waals surface area contributed by atoms with E-state index in [0.717, 1.165) is 44.0 Å². The van der Waals surface area contributed by atoms with Crippen LogP contribution in [0.15, 0.2) is 18.2 Å². The lowest BCUT2D eigenvalue weighted by Crippen LogP contribution is -2.44. The third-order valence-electron chi connectivity index (χ3n) is 5.20. The molecule has 0 radical (unpaired) electrons. The summed E-state index contributed by atoms with van der Waals surface area (Å²) in [6.07, 6.45) is 1.84. The van der Waals surface area contributed by atoms with Gasteiger partial charge in [0.05, 0.1) is 0 Å². The van der Waals surface area contributed by atoms with Gasteiger partial charge in [-0.15, -0.1) is 0 Å². The molecule has 1 amide bonds. The van der Waals surface area contributed by atoms with Crippen molar-refractivity contribution in [2.24, 2.45) is 11.8 Å². The minimum atomic E-state index is 0.142. The molecule has 0 aromatic heterocycles. The monoisotopic (exact) mass is 332 g/mol. The van der Waals surface area contributed by atoms with Crippen LogP contribution in [0.4, 0.5) is 0 Å². The molecule has 3 rings (SSSR count). The first-order valence-electron chi connectivity index (χ1n) is 8.95. The van der Waals surface area contributed by atoms with E-state index in [2.05, 4.69) is 37.1 Å². The smallest absolute Gasteiger partial charge is 0.231 e. The molecule has 0 bridgehead atoms. The van der Waals surface area contributed by atoms with Crippen molar-refractivity contribution in [1.82, 2.24) is 10.2 Å². The first-order chi connectivity index (χ1) is 11.5. The van der Waals surface area contributed by atoms with Crippen LogP contribution in [0.5, 0.6) is 11.5 Å². The predicted molar refractivity (Wildman–Crippen MR) is 93.0 cm³/mol. The van der Waals surface area contributed by atoms with Crippen molar-refractivity contribution < 1.29 is 14.3 Å². The number of hydrogen-bond donors (Lipinski definition) is 1. The molecule has 0 spiro atoms. The molecule has 2 aliphatic heterocycles. The van der Waals surface area contributed by atoms with Crippen LogP contribution in [0.2, 0.25) is 0 Å². The van der Waals surface area contributed by atoms with Crippen molar-refractivity contribution in [3.63, 3.8) is 0 Å². The van der Waals surface area contributed by atoms with Crippen molar-refractivity contribution in [2.45, 2.75) is 46.2 Å². The van der Waals surface area contributed by atoms with Crippen molar-refractivity contribution >= 4 is 5.91 Å². The Labute approximate surface area is 144 Å². The van der Waals surface area contributed by atoms with Crippen molar-refractivity contribution in [2.75, 3.05) is 19.9 Å².